The summed E-state index contributed by atoms with van der Waals surface area (Å²) in [5.41, 5.74) is 1.22. The molecule has 0 saturated carbocycles. The Labute approximate surface area is 96.8 Å². The summed E-state index contributed by atoms with van der Waals surface area (Å²) < 4.78 is 0. The third-order valence-corrected chi connectivity index (χ3v) is 2.65. The molecule has 1 aromatic rings. The van der Waals surface area contributed by atoms with E-state index in [0.717, 1.165) is 24.3 Å². The molecule has 0 aliphatic heterocycles. The van der Waals surface area contributed by atoms with Gasteiger partial charge >= 0.3 is 0 Å². The van der Waals surface area contributed by atoms with Gasteiger partial charge in [-0.15, -0.1) is 12.3 Å². The zero-order chi connectivity index (χ0) is 11.1. The molecule has 1 unspecified atom stereocenters. The first-order chi connectivity index (χ1) is 7.27. The van der Waals surface area contributed by atoms with Gasteiger partial charge in [-0.1, -0.05) is 23.7 Å². The third-order valence-electron chi connectivity index (χ3n) is 2.41. The molecule has 0 aromatic heterocycles. The molecule has 1 N–H and O–H groups in total. The number of hydrogen-bond donors (Lipinski definition) is 1. The maximum absolute atomic E-state index is 5.95. The highest BCUT2D eigenvalue weighted by molar-refractivity contribution is 6.30. The third kappa shape index (κ3) is 3.95. The topological polar surface area (TPSA) is 12.0 Å². The number of unbranched alkanes of at least 4 members (excludes halogenated alkanes) is 1. The van der Waals surface area contributed by atoms with Gasteiger partial charge in [0.25, 0.3) is 0 Å². The summed E-state index contributed by atoms with van der Waals surface area (Å²) in [4.78, 5) is 0. The Hall–Kier alpha value is -0.970. The molecule has 1 aromatic carbocycles. The molecule has 0 aliphatic carbocycles. The van der Waals surface area contributed by atoms with Crippen molar-refractivity contribution < 1.29 is 0 Å². The van der Waals surface area contributed by atoms with E-state index in [1.54, 1.807) is 0 Å². The van der Waals surface area contributed by atoms with Gasteiger partial charge in [0.2, 0.25) is 0 Å². The van der Waals surface area contributed by atoms with Crippen LogP contribution in [0.1, 0.15) is 30.9 Å². The van der Waals surface area contributed by atoms with Crippen molar-refractivity contribution in [3.8, 4) is 12.3 Å². The lowest BCUT2D eigenvalue weighted by atomic mass is 10.0. The lowest BCUT2D eigenvalue weighted by Crippen LogP contribution is -2.16. The molecule has 1 atom stereocenters. The molecule has 0 saturated heterocycles. The van der Waals surface area contributed by atoms with Crippen molar-refractivity contribution in [1.29, 1.82) is 0 Å². The summed E-state index contributed by atoms with van der Waals surface area (Å²) in [6.45, 7) is 0. The molecule has 1 rings (SSSR count). The van der Waals surface area contributed by atoms with Crippen LogP contribution >= 0.6 is 11.6 Å². The van der Waals surface area contributed by atoms with Crippen LogP contribution < -0.4 is 5.32 Å². The zero-order valence-corrected chi connectivity index (χ0v) is 9.72. The van der Waals surface area contributed by atoms with Gasteiger partial charge in [-0.25, -0.2) is 0 Å². The van der Waals surface area contributed by atoms with Crippen molar-refractivity contribution in [3.05, 3.63) is 34.9 Å². The van der Waals surface area contributed by atoms with Gasteiger partial charge in [0.1, 0.15) is 0 Å². The predicted octanol–water partition coefficient (Wildman–Crippen LogP) is 3.40. The molecular formula is C13H16ClN. The molecule has 15 heavy (non-hydrogen) atoms. The maximum Gasteiger partial charge on any atom is 0.0409 e. The minimum atomic E-state index is 0.344. The van der Waals surface area contributed by atoms with E-state index in [0.29, 0.717) is 6.04 Å². The van der Waals surface area contributed by atoms with Gasteiger partial charge in [0.15, 0.2) is 0 Å². The summed E-state index contributed by atoms with van der Waals surface area (Å²) in [5, 5.41) is 4.06. The van der Waals surface area contributed by atoms with Crippen molar-refractivity contribution in [2.45, 2.75) is 25.3 Å². The van der Waals surface area contributed by atoms with Crippen LogP contribution in [0, 0.1) is 12.3 Å². The lowest BCUT2D eigenvalue weighted by molar-refractivity contribution is 0.532. The number of hydrogen-bond acceptors (Lipinski definition) is 1. The van der Waals surface area contributed by atoms with Crippen LogP contribution in [0.15, 0.2) is 24.3 Å². The van der Waals surface area contributed by atoms with Crippen molar-refractivity contribution >= 4 is 11.6 Å². The van der Waals surface area contributed by atoms with E-state index in [4.69, 9.17) is 18.0 Å². The fourth-order valence-corrected chi connectivity index (χ4v) is 1.81. The molecule has 0 spiro atoms. The molecule has 1 nitrogen and oxygen atoms in total. The van der Waals surface area contributed by atoms with E-state index in [-0.39, 0.29) is 0 Å². The first-order valence-electron chi connectivity index (χ1n) is 5.14. The minimum Gasteiger partial charge on any atom is -0.313 e. The van der Waals surface area contributed by atoms with Gasteiger partial charge in [-0.3, -0.25) is 0 Å². The lowest BCUT2D eigenvalue weighted by Gasteiger charge is -2.16. The van der Waals surface area contributed by atoms with Gasteiger partial charge in [-0.2, -0.15) is 0 Å². The summed E-state index contributed by atoms with van der Waals surface area (Å²) in [6, 6.07) is 8.29. The number of terminal acetylenes is 1. The summed E-state index contributed by atoms with van der Waals surface area (Å²) >= 11 is 5.95. The Morgan fingerprint density at radius 1 is 1.53 bits per heavy atom. The van der Waals surface area contributed by atoms with E-state index in [2.05, 4.69) is 17.3 Å². The van der Waals surface area contributed by atoms with E-state index < -0.39 is 0 Å². The van der Waals surface area contributed by atoms with Crippen molar-refractivity contribution in [3.63, 3.8) is 0 Å². The van der Waals surface area contributed by atoms with E-state index in [1.807, 2.05) is 25.2 Å². The zero-order valence-electron chi connectivity index (χ0n) is 8.96. The Kier molecular flexibility index (Phi) is 5.25. The molecule has 0 amide bonds. The molecule has 0 bridgehead atoms. The highest BCUT2D eigenvalue weighted by Gasteiger charge is 2.08. The van der Waals surface area contributed by atoms with Crippen LogP contribution in [-0.4, -0.2) is 7.05 Å². The van der Waals surface area contributed by atoms with Gasteiger partial charge in [-0.05, 0) is 37.6 Å². The monoisotopic (exact) mass is 221 g/mol. The van der Waals surface area contributed by atoms with E-state index >= 15 is 0 Å². The van der Waals surface area contributed by atoms with Crippen LogP contribution in [0.3, 0.4) is 0 Å². The average molecular weight is 222 g/mol. The van der Waals surface area contributed by atoms with Gasteiger partial charge in [0.05, 0.1) is 0 Å². The number of rotatable bonds is 5. The molecular weight excluding hydrogens is 206 g/mol. The second kappa shape index (κ2) is 6.50. The van der Waals surface area contributed by atoms with Crippen molar-refractivity contribution in [1.82, 2.24) is 5.32 Å². The van der Waals surface area contributed by atoms with E-state index in [9.17, 15) is 0 Å². The molecule has 0 heterocycles. The fraction of sp³-hybridized carbons (Fsp3) is 0.385. The first kappa shape index (κ1) is 12.1. The molecule has 2 heteroatoms. The van der Waals surface area contributed by atoms with Crippen LogP contribution in [-0.2, 0) is 0 Å². The highest BCUT2D eigenvalue weighted by Crippen LogP contribution is 2.21. The Balaban J connectivity index is 2.62. The molecule has 80 valence electrons. The highest BCUT2D eigenvalue weighted by atomic mass is 35.5. The SMILES string of the molecule is C#CCCCC(NC)c1cccc(Cl)c1. The van der Waals surface area contributed by atoms with Crippen LogP contribution in [0.4, 0.5) is 0 Å². The van der Waals surface area contributed by atoms with Gasteiger partial charge < -0.3 is 5.32 Å². The smallest absolute Gasteiger partial charge is 0.0409 e. The van der Waals surface area contributed by atoms with Crippen LogP contribution in [0.5, 0.6) is 0 Å². The second-order valence-corrected chi connectivity index (χ2v) is 3.93. The first-order valence-corrected chi connectivity index (χ1v) is 5.52. The number of halogens is 1. The normalized spacial score (nSPS) is 12.1. The standard InChI is InChI=1S/C13H16ClN/c1-3-4-5-9-13(15-2)11-7-6-8-12(14)10-11/h1,6-8,10,13,15H,4-5,9H2,2H3. The van der Waals surface area contributed by atoms with Crippen molar-refractivity contribution in [2.24, 2.45) is 0 Å². The quantitative estimate of drug-likeness (QED) is 0.594. The van der Waals surface area contributed by atoms with Crippen molar-refractivity contribution in [2.75, 3.05) is 7.05 Å². The molecule has 0 fully saturated rings. The Morgan fingerprint density at radius 3 is 2.93 bits per heavy atom. The van der Waals surface area contributed by atoms with E-state index in [1.165, 1.54) is 5.56 Å². The summed E-state index contributed by atoms with van der Waals surface area (Å²) in [6.07, 6.45) is 8.14. The minimum absolute atomic E-state index is 0.344. The fourth-order valence-electron chi connectivity index (χ4n) is 1.61. The van der Waals surface area contributed by atoms with Crippen LogP contribution in [0.2, 0.25) is 5.02 Å². The summed E-state index contributed by atoms with van der Waals surface area (Å²) in [7, 11) is 1.96. The maximum atomic E-state index is 5.95. The van der Waals surface area contributed by atoms with Gasteiger partial charge in [0, 0.05) is 17.5 Å². The summed E-state index contributed by atoms with van der Waals surface area (Å²) in [5.74, 6) is 2.66. The largest absolute Gasteiger partial charge is 0.313 e. The predicted molar refractivity (Wildman–Crippen MR) is 65.9 cm³/mol. The Bertz CT molecular complexity index is 341. The molecule has 0 aliphatic rings. The Morgan fingerprint density at radius 2 is 2.33 bits per heavy atom. The molecule has 0 radical (unpaired) electrons. The number of nitrogens with one attached hydrogen (secondary N) is 1. The number of benzene rings is 1. The average Bonchev–Trinajstić information content (AvgIpc) is 2.24. The van der Waals surface area contributed by atoms with Crippen LogP contribution in [0.25, 0.3) is 0 Å². The second-order valence-electron chi connectivity index (χ2n) is 3.49.